The van der Waals surface area contributed by atoms with Gasteiger partial charge >= 0.3 is 22.8 Å². The molecule has 0 bridgehead atoms. The topological polar surface area (TPSA) is 126 Å². The number of nitrogens with zero attached hydrogens (tertiary/aromatic N) is 3. The first kappa shape index (κ1) is 28.0. The van der Waals surface area contributed by atoms with E-state index in [2.05, 4.69) is 13.5 Å². The molecule has 4 aromatic rings. The molecule has 1 aliphatic heterocycles. The van der Waals surface area contributed by atoms with Gasteiger partial charge in [-0.1, -0.05) is 0 Å². The summed E-state index contributed by atoms with van der Waals surface area (Å²) >= 11 is 0. The van der Waals surface area contributed by atoms with Gasteiger partial charge in [0.25, 0.3) is 0 Å². The van der Waals surface area contributed by atoms with Crippen LogP contribution in [0.4, 0.5) is 17.6 Å². The molecular weight excluding hydrogens is 591 g/mol. The van der Waals surface area contributed by atoms with Crippen LogP contribution in [0.1, 0.15) is 0 Å². The molecule has 0 amide bonds. The van der Waals surface area contributed by atoms with E-state index in [9.17, 15) is 17.6 Å². The van der Waals surface area contributed by atoms with Crippen LogP contribution in [0.5, 0.6) is 23.0 Å². The van der Waals surface area contributed by atoms with Crippen LogP contribution < -0.4 is 29.1 Å². The van der Waals surface area contributed by atoms with Crippen molar-refractivity contribution in [3.05, 3.63) is 120 Å². The summed E-state index contributed by atoms with van der Waals surface area (Å²) in [5.41, 5.74) is 13.1. The van der Waals surface area contributed by atoms with Gasteiger partial charge in [0.05, 0.1) is 0 Å². The van der Waals surface area contributed by atoms with Gasteiger partial charge in [-0.15, -0.1) is 13.5 Å². The molecule has 5 rings (SSSR count). The summed E-state index contributed by atoms with van der Waals surface area (Å²) in [6.07, 6.45) is 0. The van der Waals surface area contributed by atoms with Gasteiger partial charge in [0.1, 0.15) is 46.3 Å². The molecule has 1 heterocycles. The Morgan fingerprint density at radius 3 is 1.00 bits per heavy atom. The Bertz CT molecular complexity index is 1580. The first-order valence-corrected chi connectivity index (χ1v) is 16.2. The predicted molar refractivity (Wildman–Crippen MR) is 145 cm³/mol. The number of benzene rings is 4. The highest BCUT2D eigenvalue weighted by molar-refractivity contribution is 7.80. The third-order valence-corrected chi connectivity index (χ3v) is 12.7. The predicted octanol–water partition coefficient (Wildman–Crippen LogP) is 8.63. The van der Waals surface area contributed by atoms with Crippen molar-refractivity contribution in [2.24, 2.45) is 24.6 Å². The van der Waals surface area contributed by atoms with E-state index in [0.29, 0.717) is 0 Å². The van der Waals surface area contributed by atoms with E-state index in [1.165, 1.54) is 48.5 Å². The van der Waals surface area contributed by atoms with Crippen molar-refractivity contribution in [3.63, 3.8) is 0 Å². The Morgan fingerprint density at radius 1 is 0.400 bits per heavy atom. The van der Waals surface area contributed by atoms with E-state index in [1.54, 1.807) is 0 Å². The van der Waals surface area contributed by atoms with Gasteiger partial charge in [-0.2, -0.15) is 0 Å². The van der Waals surface area contributed by atoms with Crippen LogP contribution in [0.15, 0.2) is 111 Å². The molecule has 0 unspecified atom stereocenters. The molecule has 4 aromatic carbocycles. The summed E-state index contributed by atoms with van der Waals surface area (Å²) in [6, 6.07) is 19.5. The van der Waals surface area contributed by atoms with Crippen molar-refractivity contribution in [2.45, 2.75) is 0 Å². The third kappa shape index (κ3) is 6.94. The Balaban J connectivity index is 1.69. The zero-order chi connectivity index (χ0) is 28.4. The molecule has 1 aliphatic rings. The summed E-state index contributed by atoms with van der Waals surface area (Å²) in [4.78, 5) is 0. The van der Waals surface area contributed by atoms with Crippen LogP contribution in [-0.4, -0.2) is 0 Å². The standard InChI is InChI=1S/C24H20F4N5O4P3/c25-17-1-9-21(10-2-17)34-38(29)31-39(30,35-22-11-3-18(26)4-12-22)33-40(32-38,36-23-13-5-19(27)6-14-23)37-24-15-7-20(28)8-16-24/h1-16H,29-30H2/t38-,39-/m0/s1. The molecule has 4 N–H and O–H groups in total. The zero-order valence-electron chi connectivity index (χ0n) is 20.2. The summed E-state index contributed by atoms with van der Waals surface area (Å²) < 4.78 is 91.6. The van der Waals surface area contributed by atoms with E-state index in [4.69, 9.17) is 29.1 Å². The highest BCUT2D eigenvalue weighted by Crippen LogP contribution is 2.74. The Hall–Kier alpha value is -3.59. The molecule has 0 fully saturated rings. The second kappa shape index (κ2) is 11.1. The fourth-order valence-corrected chi connectivity index (χ4v) is 11.6. The van der Waals surface area contributed by atoms with Crippen LogP contribution in [-0.2, 0) is 0 Å². The van der Waals surface area contributed by atoms with E-state index in [-0.39, 0.29) is 23.0 Å². The van der Waals surface area contributed by atoms with Gasteiger partial charge in [-0.3, -0.25) is 0 Å². The molecule has 208 valence electrons. The maximum absolute atomic E-state index is 13.6. The quantitative estimate of drug-likeness (QED) is 0.152. The van der Waals surface area contributed by atoms with Gasteiger partial charge < -0.3 is 18.1 Å². The largest absolute Gasteiger partial charge is 0.457 e. The first-order chi connectivity index (χ1) is 19.0. The normalized spacial score (nSPS) is 21.2. The third-order valence-electron chi connectivity index (χ3n) is 4.92. The summed E-state index contributed by atoms with van der Waals surface area (Å²) in [7, 11) is -11.8. The van der Waals surface area contributed by atoms with E-state index in [1.807, 2.05) is 0 Å². The minimum Gasteiger partial charge on any atom is -0.431 e. The SMILES string of the molecule is N[P@@]1(Oc2ccc(F)cc2)=NP(Oc2ccc(F)cc2)(Oc2ccc(F)cc2)=N[P@@](N)(Oc2ccc(F)cc2)=N1. The molecule has 0 saturated carbocycles. The van der Waals surface area contributed by atoms with Gasteiger partial charge in [0.2, 0.25) is 0 Å². The van der Waals surface area contributed by atoms with E-state index >= 15 is 0 Å². The molecule has 0 spiro atoms. The fourth-order valence-electron chi connectivity index (χ4n) is 3.29. The summed E-state index contributed by atoms with van der Waals surface area (Å²) in [5, 5.41) is 0. The second-order valence-electron chi connectivity index (χ2n) is 8.12. The number of hydrogen-bond acceptors (Lipinski definition) is 9. The van der Waals surface area contributed by atoms with Crippen molar-refractivity contribution in [3.8, 4) is 23.0 Å². The van der Waals surface area contributed by atoms with Crippen molar-refractivity contribution < 1.29 is 35.7 Å². The Morgan fingerprint density at radius 2 is 0.675 bits per heavy atom. The van der Waals surface area contributed by atoms with Crippen LogP contribution in [0.25, 0.3) is 0 Å². The molecule has 9 nitrogen and oxygen atoms in total. The lowest BCUT2D eigenvalue weighted by atomic mass is 10.3. The van der Waals surface area contributed by atoms with Gasteiger partial charge in [-0.25, -0.2) is 28.6 Å². The molecule has 0 aliphatic carbocycles. The smallest absolute Gasteiger partial charge is 0.431 e. The van der Waals surface area contributed by atoms with Crippen LogP contribution in [0, 0.1) is 23.3 Å². The Labute approximate surface area is 226 Å². The number of hydrogen-bond donors (Lipinski definition) is 2. The van der Waals surface area contributed by atoms with Gasteiger partial charge in [-0.05, 0) is 97.1 Å². The van der Waals surface area contributed by atoms with Gasteiger partial charge in [0.15, 0.2) is 0 Å². The minimum absolute atomic E-state index is 0.0768. The molecule has 0 radical (unpaired) electrons. The maximum Gasteiger partial charge on any atom is 0.457 e. The van der Waals surface area contributed by atoms with Crippen molar-refractivity contribution in [1.29, 1.82) is 0 Å². The lowest BCUT2D eigenvalue weighted by Crippen LogP contribution is -2.12. The lowest BCUT2D eigenvalue weighted by molar-refractivity contribution is 0.472. The monoisotopic (exact) mass is 611 g/mol. The molecule has 0 saturated heterocycles. The van der Waals surface area contributed by atoms with Crippen molar-refractivity contribution in [2.75, 3.05) is 0 Å². The average molecular weight is 611 g/mol. The summed E-state index contributed by atoms with van der Waals surface area (Å²) in [6.45, 7) is 0. The van der Waals surface area contributed by atoms with Crippen LogP contribution >= 0.6 is 22.8 Å². The molecule has 0 aromatic heterocycles. The highest BCUT2D eigenvalue weighted by Gasteiger charge is 2.41. The fraction of sp³-hybridized carbons (Fsp3) is 0. The zero-order valence-corrected chi connectivity index (χ0v) is 22.9. The molecule has 16 heteroatoms. The minimum atomic E-state index is -4.04. The molecule has 40 heavy (non-hydrogen) atoms. The highest BCUT2D eigenvalue weighted by atomic mass is 31.3. The number of nitrogens with two attached hydrogens (primary N) is 2. The Kier molecular flexibility index (Phi) is 7.77. The van der Waals surface area contributed by atoms with Crippen LogP contribution in [0.2, 0.25) is 0 Å². The molecule has 2 atom stereocenters. The van der Waals surface area contributed by atoms with E-state index < -0.39 is 46.1 Å². The second-order valence-corrected chi connectivity index (χ2v) is 14.3. The van der Waals surface area contributed by atoms with Crippen molar-refractivity contribution >= 4 is 22.8 Å². The first-order valence-electron chi connectivity index (χ1n) is 11.3. The lowest BCUT2D eigenvalue weighted by Gasteiger charge is -2.31. The van der Waals surface area contributed by atoms with Gasteiger partial charge in [0, 0.05) is 0 Å². The maximum atomic E-state index is 13.6. The van der Waals surface area contributed by atoms with Crippen molar-refractivity contribution in [1.82, 2.24) is 0 Å². The van der Waals surface area contributed by atoms with Crippen LogP contribution in [0.3, 0.4) is 0 Å². The average Bonchev–Trinajstić information content (AvgIpc) is 2.89. The van der Waals surface area contributed by atoms with E-state index in [0.717, 1.165) is 48.5 Å². The number of halogens is 4. The number of rotatable bonds is 8. The molecular formula is C24H20F4N5O4P3. The summed E-state index contributed by atoms with van der Waals surface area (Å²) in [5.74, 6) is -1.76.